The Labute approximate surface area is 142 Å². The van der Waals surface area contributed by atoms with Gasteiger partial charge in [-0.2, -0.15) is 0 Å². The van der Waals surface area contributed by atoms with Crippen LogP contribution in [0.15, 0.2) is 45.6 Å². The largest absolute Gasteiger partial charge is 0.508 e. The topological polar surface area (TPSA) is 79.9 Å². The molecule has 1 aromatic heterocycles. The second-order valence-corrected chi connectivity index (χ2v) is 5.75. The molecule has 0 unspecified atom stereocenters. The number of methoxy groups -OCH3 is 1. The standard InChI is InChI=1S/C18H15ClO5/c1-23-17-9-14(20)10(7-16(17)22)5-6-11-8-15(21)12-3-2-4-13(19)18(12)24-11/h2-4,7-9,20,22H,5-6H2,1H3. The van der Waals surface area contributed by atoms with E-state index in [1.807, 2.05) is 0 Å². The Kier molecular flexibility index (Phi) is 4.36. The Morgan fingerprint density at radius 2 is 1.92 bits per heavy atom. The van der Waals surface area contributed by atoms with E-state index in [0.29, 0.717) is 40.2 Å². The minimum atomic E-state index is -0.171. The van der Waals surface area contributed by atoms with Gasteiger partial charge in [0.2, 0.25) is 0 Å². The van der Waals surface area contributed by atoms with Gasteiger partial charge in [0.15, 0.2) is 22.5 Å². The zero-order chi connectivity index (χ0) is 17.3. The molecule has 0 amide bonds. The number of aryl methyl sites for hydroxylation is 2. The molecule has 3 aromatic rings. The number of hydrogen-bond donors (Lipinski definition) is 2. The minimum Gasteiger partial charge on any atom is -0.508 e. The van der Waals surface area contributed by atoms with Crippen LogP contribution >= 0.6 is 11.6 Å². The molecule has 0 fully saturated rings. The predicted molar refractivity (Wildman–Crippen MR) is 91.2 cm³/mol. The Balaban J connectivity index is 1.90. The summed E-state index contributed by atoms with van der Waals surface area (Å²) in [5, 5.41) is 20.6. The monoisotopic (exact) mass is 346 g/mol. The Morgan fingerprint density at radius 1 is 1.12 bits per heavy atom. The molecule has 2 aromatic carbocycles. The van der Waals surface area contributed by atoms with E-state index < -0.39 is 0 Å². The van der Waals surface area contributed by atoms with Crippen molar-refractivity contribution in [3.63, 3.8) is 0 Å². The summed E-state index contributed by atoms with van der Waals surface area (Å²) in [6.45, 7) is 0. The molecule has 6 heteroatoms. The van der Waals surface area contributed by atoms with Gasteiger partial charge < -0.3 is 19.4 Å². The van der Waals surface area contributed by atoms with Crippen LogP contribution in [-0.4, -0.2) is 17.3 Å². The summed E-state index contributed by atoms with van der Waals surface area (Å²) in [5.41, 5.74) is 0.703. The van der Waals surface area contributed by atoms with Crippen LogP contribution in [0, 0.1) is 0 Å². The fraction of sp³-hybridized carbons (Fsp3) is 0.167. The van der Waals surface area contributed by atoms with Crippen molar-refractivity contribution in [2.75, 3.05) is 7.11 Å². The lowest BCUT2D eigenvalue weighted by Crippen LogP contribution is -2.03. The average molecular weight is 347 g/mol. The third-order valence-electron chi connectivity index (χ3n) is 3.78. The molecular weight excluding hydrogens is 332 g/mol. The van der Waals surface area contributed by atoms with Crippen LogP contribution in [0.2, 0.25) is 5.02 Å². The van der Waals surface area contributed by atoms with Gasteiger partial charge in [0, 0.05) is 18.6 Å². The Morgan fingerprint density at radius 3 is 2.67 bits per heavy atom. The normalized spacial score (nSPS) is 10.9. The smallest absolute Gasteiger partial charge is 0.193 e. The Bertz CT molecular complexity index is 962. The summed E-state index contributed by atoms with van der Waals surface area (Å²) in [6.07, 6.45) is 0.748. The maximum atomic E-state index is 12.1. The number of phenols is 2. The summed E-state index contributed by atoms with van der Waals surface area (Å²) in [5.74, 6) is 0.592. The van der Waals surface area contributed by atoms with E-state index in [2.05, 4.69) is 0 Å². The Hall–Kier alpha value is -2.66. The van der Waals surface area contributed by atoms with Crippen molar-refractivity contribution in [1.82, 2.24) is 0 Å². The van der Waals surface area contributed by atoms with Crippen molar-refractivity contribution < 1.29 is 19.4 Å². The van der Waals surface area contributed by atoms with E-state index in [4.69, 9.17) is 20.8 Å². The first-order valence-corrected chi connectivity index (χ1v) is 7.67. The highest BCUT2D eigenvalue weighted by Gasteiger charge is 2.12. The third-order valence-corrected chi connectivity index (χ3v) is 4.08. The number of fused-ring (bicyclic) bond motifs is 1. The number of para-hydroxylation sites is 1. The molecular formula is C18H15ClO5. The number of phenolic OH excluding ortho intramolecular Hbond substituents is 2. The maximum absolute atomic E-state index is 12.1. The van der Waals surface area contributed by atoms with Crippen LogP contribution in [0.1, 0.15) is 11.3 Å². The molecule has 0 atom stereocenters. The molecule has 24 heavy (non-hydrogen) atoms. The van der Waals surface area contributed by atoms with E-state index >= 15 is 0 Å². The molecule has 5 nitrogen and oxygen atoms in total. The third kappa shape index (κ3) is 3.03. The molecule has 2 N–H and O–H groups in total. The summed E-state index contributed by atoms with van der Waals surface area (Å²) in [7, 11) is 1.40. The van der Waals surface area contributed by atoms with Gasteiger partial charge in [-0.25, -0.2) is 0 Å². The predicted octanol–water partition coefficient (Wildman–Crippen LogP) is 3.65. The fourth-order valence-corrected chi connectivity index (χ4v) is 2.75. The van der Waals surface area contributed by atoms with Crippen molar-refractivity contribution in [3.05, 3.63) is 63.0 Å². The number of ether oxygens (including phenoxy) is 1. The number of rotatable bonds is 4. The van der Waals surface area contributed by atoms with Gasteiger partial charge in [0.1, 0.15) is 11.5 Å². The number of hydrogen-bond acceptors (Lipinski definition) is 5. The molecule has 124 valence electrons. The molecule has 0 aliphatic carbocycles. The average Bonchev–Trinajstić information content (AvgIpc) is 2.56. The zero-order valence-electron chi connectivity index (χ0n) is 12.9. The molecule has 0 radical (unpaired) electrons. The van der Waals surface area contributed by atoms with Gasteiger partial charge in [-0.15, -0.1) is 0 Å². The fourth-order valence-electron chi connectivity index (χ4n) is 2.54. The van der Waals surface area contributed by atoms with Gasteiger partial charge in [-0.3, -0.25) is 4.79 Å². The SMILES string of the molecule is COc1cc(O)c(CCc2cc(=O)c3cccc(Cl)c3o2)cc1O. The molecule has 0 saturated carbocycles. The second-order valence-electron chi connectivity index (χ2n) is 5.35. The lowest BCUT2D eigenvalue weighted by Gasteiger charge is -2.09. The van der Waals surface area contributed by atoms with Crippen molar-refractivity contribution >= 4 is 22.6 Å². The number of halogens is 1. The van der Waals surface area contributed by atoms with Crippen molar-refractivity contribution in [1.29, 1.82) is 0 Å². The van der Waals surface area contributed by atoms with E-state index in [1.165, 1.54) is 25.3 Å². The van der Waals surface area contributed by atoms with Gasteiger partial charge in [0.05, 0.1) is 17.5 Å². The van der Waals surface area contributed by atoms with Crippen LogP contribution < -0.4 is 10.2 Å². The van der Waals surface area contributed by atoms with E-state index in [9.17, 15) is 15.0 Å². The van der Waals surface area contributed by atoms with E-state index in [-0.39, 0.29) is 22.7 Å². The summed E-state index contributed by atoms with van der Waals surface area (Å²) in [4.78, 5) is 12.1. The first kappa shape index (κ1) is 16.2. The van der Waals surface area contributed by atoms with Crippen molar-refractivity contribution in [2.24, 2.45) is 0 Å². The number of aromatic hydroxyl groups is 2. The molecule has 1 heterocycles. The van der Waals surface area contributed by atoms with Crippen LogP contribution in [0.5, 0.6) is 17.2 Å². The first-order valence-electron chi connectivity index (χ1n) is 7.29. The lowest BCUT2D eigenvalue weighted by atomic mass is 10.1. The molecule has 0 aliphatic heterocycles. The van der Waals surface area contributed by atoms with Crippen LogP contribution in [0.25, 0.3) is 11.0 Å². The molecule has 0 saturated heterocycles. The zero-order valence-corrected chi connectivity index (χ0v) is 13.6. The molecule has 3 rings (SSSR count). The van der Waals surface area contributed by atoms with Gasteiger partial charge in [-0.1, -0.05) is 17.7 Å². The van der Waals surface area contributed by atoms with Crippen LogP contribution in [0.4, 0.5) is 0 Å². The van der Waals surface area contributed by atoms with Gasteiger partial charge in [-0.05, 0) is 30.2 Å². The first-order chi connectivity index (χ1) is 11.5. The van der Waals surface area contributed by atoms with Gasteiger partial charge in [0.25, 0.3) is 0 Å². The van der Waals surface area contributed by atoms with Crippen molar-refractivity contribution in [2.45, 2.75) is 12.8 Å². The van der Waals surface area contributed by atoms with Crippen molar-refractivity contribution in [3.8, 4) is 17.2 Å². The van der Waals surface area contributed by atoms with Crippen LogP contribution in [-0.2, 0) is 12.8 Å². The minimum absolute atomic E-state index is 0.00539. The summed E-state index contributed by atoms with van der Waals surface area (Å²) >= 11 is 6.08. The molecule has 0 aliphatic rings. The highest BCUT2D eigenvalue weighted by Crippen LogP contribution is 2.33. The lowest BCUT2D eigenvalue weighted by molar-refractivity contribution is 0.367. The highest BCUT2D eigenvalue weighted by atomic mass is 35.5. The van der Waals surface area contributed by atoms with E-state index in [0.717, 1.165) is 0 Å². The maximum Gasteiger partial charge on any atom is 0.193 e. The second kappa shape index (κ2) is 6.45. The summed E-state index contributed by atoms with van der Waals surface area (Å²) in [6, 6.07) is 9.20. The van der Waals surface area contributed by atoms with Gasteiger partial charge >= 0.3 is 0 Å². The highest BCUT2D eigenvalue weighted by molar-refractivity contribution is 6.34. The quantitative estimate of drug-likeness (QED) is 0.705. The van der Waals surface area contributed by atoms with Crippen LogP contribution in [0.3, 0.4) is 0 Å². The number of benzene rings is 2. The summed E-state index contributed by atoms with van der Waals surface area (Å²) < 4.78 is 10.6. The molecule has 0 bridgehead atoms. The van der Waals surface area contributed by atoms with E-state index in [1.54, 1.807) is 18.2 Å². The molecule has 0 spiro atoms.